The fourth-order valence-corrected chi connectivity index (χ4v) is 3.57. The zero-order valence-corrected chi connectivity index (χ0v) is 16.1. The fraction of sp³-hybridized carbons (Fsp3) is 0.391. The SMILES string of the molecule is C=CC(C)c1c(/C=C/C(O)CC(O)CC(=O)O)c(C2CC2)nc2ccccc12. The second-order valence-electron chi connectivity index (χ2n) is 7.55. The van der Waals surface area contributed by atoms with Gasteiger partial charge < -0.3 is 15.3 Å². The van der Waals surface area contributed by atoms with Crippen LogP contribution in [-0.2, 0) is 4.79 Å². The number of benzene rings is 1. The van der Waals surface area contributed by atoms with Crippen LogP contribution in [0.25, 0.3) is 17.0 Å². The summed E-state index contributed by atoms with van der Waals surface area (Å²) in [6, 6.07) is 8.05. The van der Waals surface area contributed by atoms with Crippen LogP contribution in [0.15, 0.2) is 43.0 Å². The highest BCUT2D eigenvalue weighted by Gasteiger charge is 2.30. The van der Waals surface area contributed by atoms with Crippen LogP contribution >= 0.6 is 0 Å². The van der Waals surface area contributed by atoms with Crippen LogP contribution in [0, 0.1) is 0 Å². The first-order valence-corrected chi connectivity index (χ1v) is 9.72. The maximum atomic E-state index is 10.7. The Balaban J connectivity index is 1.99. The third-order valence-corrected chi connectivity index (χ3v) is 5.18. The van der Waals surface area contributed by atoms with Crippen LogP contribution < -0.4 is 0 Å². The Morgan fingerprint density at radius 3 is 2.68 bits per heavy atom. The Morgan fingerprint density at radius 1 is 1.32 bits per heavy atom. The molecule has 1 saturated carbocycles. The molecule has 3 unspecified atom stereocenters. The normalized spacial score (nSPS) is 17.5. The summed E-state index contributed by atoms with van der Waals surface area (Å²) >= 11 is 0. The lowest BCUT2D eigenvalue weighted by molar-refractivity contribution is -0.139. The van der Waals surface area contributed by atoms with Crippen LogP contribution in [0.4, 0.5) is 0 Å². The number of carboxylic acid groups (broad SMARTS) is 1. The topological polar surface area (TPSA) is 90.7 Å². The van der Waals surface area contributed by atoms with Gasteiger partial charge >= 0.3 is 5.97 Å². The monoisotopic (exact) mass is 381 g/mol. The van der Waals surface area contributed by atoms with E-state index >= 15 is 0 Å². The summed E-state index contributed by atoms with van der Waals surface area (Å²) in [5, 5.41) is 29.8. The second-order valence-corrected chi connectivity index (χ2v) is 7.55. The predicted octanol–water partition coefficient (Wildman–Crippen LogP) is 4.00. The Kier molecular flexibility index (Phi) is 6.27. The van der Waals surface area contributed by atoms with Crippen LogP contribution in [0.2, 0.25) is 0 Å². The van der Waals surface area contributed by atoms with Gasteiger partial charge in [0.05, 0.1) is 29.8 Å². The van der Waals surface area contributed by atoms with Crippen molar-refractivity contribution in [3.63, 3.8) is 0 Å². The van der Waals surface area contributed by atoms with E-state index in [4.69, 9.17) is 10.1 Å². The van der Waals surface area contributed by atoms with Crippen molar-refractivity contribution in [3.8, 4) is 0 Å². The van der Waals surface area contributed by atoms with Crippen molar-refractivity contribution in [3.05, 3.63) is 59.8 Å². The molecule has 3 N–H and O–H groups in total. The molecule has 1 heterocycles. The molecule has 3 rings (SSSR count). The van der Waals surface area contributed by atoms with Gasteiger partial charge in [0.25, 0.3) is 0 Å². The molecule has 0 bridgehead atoms. The van der Waals surface area contributed by atoms with Gasteiger partial charge in [-0.05, 0) is 24.5 Å². The summed E-state index contributed by atoms with van der Waals surface area (Å²) in [5.74, 6) is -0.546. The molecule has 28 heavy (non-hydrogen) atoms. The molecule has 0 spiro atoms. The highest BCUT2D eigenvalue weighted by atomic mass is 16.4. The first-order valence-electron chi connectivity index (χ1n) is 9.72. The molecule has 1 aliphatic carbocycles. The van der Waals surface area contributed by atoms with E-state index < -0.39 is 18.2 Å². The number of nitrogens with zero attached hydrogens (tertiary/aromatic N) is 1. The Labute approximate surface area is 165 Å². The minimum Gasteiger partial charge on any atom is -0.481 e. The van der Waals surface area contributed by atoms with E-state index in [0.29, 0.717) is 5.92 Å². The molecule has 1 aromatic carbocycles. The maximum absolute atomic E-state index is 10.7. The van der Waals surface area contributed by atoms with Gasteiger partial charge in [-0.15, -0.1) is 6.58 Å². The minimum atomic E-state index is -1.08. The number of allylic oxidation sites excluding steroid dienone is 1. The summed E-state index contributed by atoms with van der Waals surface area (Å²) in [4.78, 5) is 15.6. The molecule has 0 amide bonds. The molecule has 1 fully saturated rings. The number of carbonyl (C=O) groups is 1. The van der Waals surface area contributed by atoms with Crippen molar-refractivity contribution in [2.45, 2.75) is 56.7 Å². The Bertz CT molecular complexity index is 901. The molecular weight excluding hydrogens is 354 g/mol. The zero-order chi connectivity index (χ0) is 20.3. The zero-order valence-electron chi connectivity index (χ0n) is 16.1. The van der Waals surface area contributed by atoms with Gasteiger partial charge in [0.2, 0.25) is 0 Å². The molecule has 148 valence electrons. The second kappa shape index (κ2) is 8.67. The molecule has 0 aliphatic heterocycles. The molecule has 0 saturated heterocycles. The van der Waals surface area contributed by atoms with E-state index in [-0.39, 0.29) is 18.8 Å². The smallest absolute Gasteiger partial charge is 0.305 e. The standard InChI is InChI=1S/C23H27NO4/c1-3-14(2)22-18-6-4-5-7-20(18)24-23(15-8-9-15)19(22)11-10-16(25)12-17(26)13-21(27)28/h3-7,10-11,14-17,25-26H,1,8-9,12-13H2,2H3,(H,27,28)/b11-10+. The van der Waals surface area contributed by atoms with Crippen molar-refractivity contribution in [2.24, 2.45) is 0 Å². The van der Waals surface area contributed by atoms with E-state index in [1.165, 1.54) is 0 Å². The number of fused-ring (bicyclic) bond motifs is 1. The maximum Gasteiger partial charge on any atom is 0.305 e. The quantitative estimate of drug-likeness (QED) is 0.571. The fourth-order valence-electron chi connectivity index (χ4n) is 3.57. The van der Waals surface area contributed by atoms with Crippen molar-refractivity contribution in [2.75, 3.05) is 0 Å². The molecule has 0 radical (unpaired) electrons. The molecule has 2 aromatic rings. The Hall–Kier alpha value is -2.50. The van der Waals surface area contributed by atoms with E-state index in [2.05, 4.69) is 19.6 Å². The third kappa shape index (κ3) is 4.66. The predicted molar refractivity (Wildman–Crippen MR) is 110 cm³/mol. The van der Waals surface area contributed by atoms with Gasteiger partial charge in [0.1, 0.15) is 0 Å². The number of carboxylic acids is 1. The van der Waals surface area contributed by atoms with Crippen molar-refractivity contribution in [1.82, 2.24) is 4.98 Å². The van der Waals surface area contributed by atoms with E-state index in [1.54, 1.807) is 6.08 Å². The van der Waals surface area contributed by atoms with Gasteiger partial charge in [-0.1, -0.05) is 43.4 Å². The first-order chi connectivity index (χ1) is 13.4. The number of pyridine rings is 1. The number of aromatic nitrogens is 1. The van der Waals surface area contributed by atoms with Crippen LogP contribution in [0.5, 0.6) is 0 Å². The summed E-state index contributed by atoms with van der Waals surface area (Å²) in [7, 11) is 0. The molecule has 1 aromatic heterocycles. The van der Waals surface area contributed by atoms with Crippen molar-refractivity contribution >= 4 is 22.9 Å². The number of rotatable bonds is 9. The number of aliphatic hydroxyl groups excluding tert-OH is 2. The van der Waals surface area contributed by atoms with Gasteiger partial charge in [0, 0.05) is 29.2 Å². The average molecular weight is 381 g/mol. The first kappa shape index (κ1) is 20.2. The van der Waals surface area contributed by atoms with Crippen LogP contribution in [0.1, 0.15) is 61.3 Å². The minimum absolute atomic E-state index is 0.0189. The number of para-hydroxylation sites is 1. The molecule has 5 heteroatoms. The summed E-state index contributed by atoms with van der Waals surface area (Å²) in [5.41, 5.74) is 4.14. The van der Waals surface area contributed by atoms with E-state index in [0.717, 1.165) is 40.6 Å². The van der Waals surface area contributed by atoms with Gasteiger partial charge in [0.15, 0.2) is 0 Å². The van der Waals surface area contributed by atoms with Crippen molar-refractivity contribution < 1.29 is 20.1 Å². The highest BCUT2D eigenvalue weighted by Crippen LogP contribution is 2.44. The van der Waals surface area contributed by atoms with Gasteiger partial charge in [-0.25, -0.2) is 0 Å². The largest absolute Gasteiger partial charge is 0.481 e. The summed E-state index contributed by atoms with van der Waals surface area (Å²) in [6.07, 6.45) is 5.21. The lowest BCUT2D eigenvalue weighted by atomic mass is 9.89. The van der Waals surface area contributed by atoms with Crippen molar-refractivity contribution in [1.29, 1.82) is 0 Å². The number of hydrogen-bond acceptors (Lipinski definition) is 4. The number of aliphatic hydroxyl groups is 2. The number of aliphatic carboxylic acids is 1. The van der Waals surface area contributed by atoms with Crippen LogP contribution in [-0.4, -0.2) is 38.5 Å². The third-order valence-electron chi connectivity index (χ3n) is 5.18. The number of hydrogen-bond donors (Lipinski definition) is 3. The molecule has 5 nitrogen and oxygen atoms in total. The van der Waals surface area contributed by atoms with Gasteiger partial charge in [-0.3, -0.25) is 9.78 Å². The van der Waals surface area contributed by atoms with E-state index in [1.807, 2.05) is 30.4 Å². The lowest BCUT2D eigenvalue weighted by Crippen LogP contribution is -2.19. The molecule has 3 atom stereocenters. The highest BCUT2D eigenvalue weighted by molar-refractivity contribution is 5.87. The molecule has 1 aliphatic rings. The van der Waals surface area contributed by atoms with Gasteiger partial charge in [-0.2, -0.15) is 0 Å². The lowest BCUT2D eigenvalue weighted by Gasteiger charge is -2.18. The summed E-state index contributed by atoms with van der Waals surface area (Å²) < 4.78 is 0. The summed E-state index contributed by atoms with van der Waals surface area (Å²) in [6.45, 7) is 6.05. The van der Waals surface area contributed by atoms with E-state index in [9.17, 15) is 15.0 Å². The Morgan fingerprint density at radius 2 is 2.04 bits per heavy atom. The molecular formula is C23H27NO4. The average Bonchev–Trinajstić information content (AvgIpc) is 3.49. The van der Waals surface area contributed by atoms with Crippen LogP contribution in [0.3, 0.4) is 0 Å².